The van der Waals surface area contributed by atoms with Crippen LogP contribution in [-0.2, 0) is 6.54 Å². The molecule has 0 spiro atoms. The number of benzene rings is 3. The maximum atomic E-state index is 10.4. The quantitative estimate of drug-likeness (QED) is 0.625. The molecule has 1 fully saturated rings. The summed E-state index contributed by atoms with van der Waals surface area (Å²) in [5, 5.41) is 14.1. The maximum Gasteiger partial charge on any atom is 0.0561 e. The first-order valence-corrected chi connectivity index (χ1v) is 10.3. The maximum absolute atomic E-state index is 10.4. The topological polar surface area (TPSA) is 32.3 Å². The van der Waals surface area contributed by atoms with Gasteiger partial charge in [-0.25, -0.2) is 0 Å². The van der Waals surface area contributed by atoms with Crippen molar-refractivity contribution in [2.75, 3.05) is 0 Å². The van der Waals surface area contributed by atoms with E-state index in [1.54, 1.807) is 0 Å². The Kier molecular flexibility index (Phi) is 5.90. The van der Waals surface area contributed by atoms with E-state index in [2.05, 4.69) is 91.1 Å². The van der Waals surface area contributed by atoms with Crippen molar-refractivity contribution in [2.24, 2.45) is 0 Å². The van der Waals surface area contributed by atoms with Crippen molar-refractivity contribution >= 4 is 0 Å². The molecule has 0 bridgehead atoms. The fourth-order valence-electron chi connectivity index (χ4n) is 4.46. The van der Waals surface area contributed by atoms with E-state index in [9.17, 15) is 5.11 Å². The van der Waals surface area contributed by atoms with Crippen LogP contribution in [0.5, 0.6) is 0 Å². The van der Waals surface area contributed by atoms with E-state index in [1.807, 2.05) is 0 Å². The third kappa shape index (κ3) is 4.52. The Morgan fingerprint density at radius 3 is 2.46 bits per heavy atom. The zero-order chi connectivity index (χ0) is 19.3. The van der Waals surface area contributed by atoms with Gasteiger partial charge in [-0.1, -0.05) is 72.8 Å². The number of aliphatic hydroxyl groups is 1. The number of aliphatic hydroxyl groups excluding tert-OH is 1. The molecule has 0 amide bonds. The zero-order valence-corrected chi connectivity index (χ0v) is 16.5. The van der Waals surface area contributed by atoms with Crippen molar-refractivity contribution in [3.8, 4) is 11.1 Å². The highest BCUT2D eigenvalue weighted by Gasteiger charge is 2.28. The second-order valence-electron chi connectivity index (χ2n) is 8.06. The van der Waals surface area contributed by atoms with E-state index < -0.39 is 0 Å². The van der Waals surface area contributed by atoms with E-state index in [0.29, 0.717) is 12.0 Å². The van der Waals surface area contributed by atoms with Crippen molar-refractivity contribution in [3.63, 3.8) is 0 Å². The summed E-state index contributed by atoms with van der Waals surface area (Å²) < 4.78 is 0. The third-order valence-corrected chi connectivity index (χ3v) is 5.93. The van der Waals surface area contributed by atoms with Crippen molar-refractivity contribution < 1.29 is 5.11 Å². The smallest absolute Gasteiger partial charge is 0.0561 e. The first-order chi connectivity index (χ1) is 13.7. The average molecular weight is 372 g/mol. The Morgan fingerprint density at radius 2 is 1.64 bits per heavy atom. The molecular formula is C26H29NO. The highest BCUT2D eigenvalue weighted by atomic mass is 16.3. The Balaban J connectivity index is 1.43. The molecule has 3 unspecified atom stereocenters. The molecule has 144 valence electrons. The van der Waals surface area contributed by atoms with Crippen LogP contribution < -0.4 is 5.32 Å². The molecule has 3 aromatic carbocycles. The Hall–Kier alpha value is -2.42. The molecule has 0 radical (unpaired) electrons. The fraction of sp³-hybridized carbons (Fsp3) is 0.308. The van der Waals surface area contributed by atoms with Crippen LogP contribution >= 0.6 is 0 Å². The number of hydrogen-bond donors (Lipinski definition) is 2. The van der Waals surface area contributed by atoms with E-state index in [4.69, 9.17) is 0 Å². The number of rotatable bonds is 5. The molecule has 3 atom stereocenters. The second kappa shape index (κ2) is 8.72. The van der Waals surface area contributed by atoms with Gasteiger partial charge in [0.05, 0.1) is 6.10 Å². The molecule has 2 nitrogen and oxygen atoms in total. The molecule has 4 rings (SSSR count). The van der Waals surface area contributed by atoms with Crippen molar-refractivity contribution in [1.29, 1.82) is 0 Å². The van der Waals surface area contributed by atoms with Gasteiger partial charge in [0.2, 0.25) is 0 Å². The molecule has 28 heavy (non-hydrogen) atoms. The fourth-order valence-corrected chi connectivity index (χ4v) is 4.46. The van der Waals surface area contributed by atoms with Gasteiger partial charge in [-0.15, -0.1) is 0 Å². The minimum absolute atomic E-state index is 0.227. The molecule has 1 aliphatic rings. The molecule has 3 aromatic rings. The van der Waals surface area contributed by atoms with Gasteiger partial charge in [-0.05, 0) is 66.0 Å². The van der Waals surface area contributed by atoms with Crippen LogP contribution in [0.2, 0.25) is 0 Å². The monoisotopic (exact) mass is 371 g/mol. The van der Waals surface area contributed by atoms with Gasteiger partial charge in [-0.2, -0.15) is 0 Å². The van der Waals surface area contributed by atoms with Gasteiger partial charge in [-0.3, -0.25) is 0 Å². The number of hydrogen-bond acceptors (Lipinski definition) is 2. The molecule has 1 aliphatic carbocycles. The molecule has 0 aromatic heterocycles. The van der Waals surface area contributed by atoms with Crippen LogP contribution in [0.3, 0.4) is 0 Å². The standard InChI is InChI=1S/C26H29NO/c1-19-8-5-6-13-26(19)22-12-7-9-20(14-22)18-27-24-15-23(16-25(28)17-24)21-10-3-2-4-11-21/h2-14,23-25,27-28H,15-18H2,1H3. The van der Waals surface area contributed by atoms with Gasteiger partial charge in [0.25, 0.3) is 0 Å². The molecule has 2 N–H and O–H groups in total. The van der Waals surface area contributed by atoms with Crippen LogP contribution in [0, 0.1) is 6.92 Å². The van der Waals surface area contributed by atoms with E-state index in [-0.39, 0.29) is 6.10 Å². The SMILES string of the molecule is Cc1ccccc1-c1cccc(CNC2CC(O)CC(c3ccccc3)C2)c1. The normalized spacial score (nSPS) is 22.1. The third-order valence-electron chi connectivity index (χ3n) is 5.93. The van der Waals surface area contributed by atoms with Crippen molar-refractivity contribution in [2.45, 2.75) is 50.8 Å². The van der Waals surface area contributed by atoms with Gasteiger partial charge < -0.3 is 10.4 Å². The summed E-state index contributed by atoms with van der Waals surface area (Å²) in [7, 11) is 0. The summed E-state index contributed by atoms with van der Waals surface area (Å²) in [6.07, 6.45) is 2.56. The second-order valence-corrected chi connectivity index (χ2v) is 8.06. The van der Waals surface area contributed by atoms with E-state index in [0.717, 1.165) is 25.8 Å². The Morgan fingerprint density at radius 1 is 0.857 bits per heavy atom. The van der Waals surface area contributed by atoms with Gasteiger partial charge >= 0.3 is 0 Å². The molecule has 0 heterocycles. The summed E-state index contributed by atoms with van der Waals surface area (Å²) in [6.45, 7) is 2.99. The highest BCUT2D eigenvalue weighted by molar-refractivity contribution is 5.67. The minimum Gasteiger partial charge on any atom is -0.393 e. The van der Waals surface area contributed by atoms with Crippen molar-refractivity contribution in [3.05, 3.63) is 95.6 Å². The Bertz CT molecular complexity index is 905. The zero-order valence-electron chi connectivity index (χ0n) is 16.5. The molecule has 0 aliphatic heterocycles. The van der Waals surface area contributed by atoms with Crippen LogP contribution in [0.1, 0.15) is 41.9 Å². The lowest BCUT2D eigenvalue weighted by Gasteiger charge is -2.33. The van der Waals surface area contributed by atoms with Crippen LogP contribution in [0.15, 0.2) is 78.9 Å². The Labute approximate surface area is 168 Å². The van der Waals surface area contributed by atoms with Crippen LogP contribution in [-0.4, -0.2) is 17.3 Å². The molecule has 2 heteroatoms. The van der Waals surface area contributed by atoms with E-state index >= 15 is 0 Å². The first-order valence-electron chi connectivity index (χ1n) is 10.3. The van der Waals surface area contributed by atoms with Crippen LogP contribution in [0.25, 0.3) is 11.1 Å². The van der Waals surface area contributed by atoms with Crippen LogP contribution in [0.4, 0.5) is 0 Å². The van der Waals surface area contributed by atoms with E-state index in [1.165, 1.54) is 27.8 Å². The number of aryl methyl sites for hydroxylation is 1. The van der Waals surface area contributed by atoms with Gasteiger partial charge in [0.15, 0.2) is 0 Å². The molecule has 1 saturated carbocycles. The van der Waals surface area contributed by atoms with Gasteiger partial charge in [0.1, 0.15) is 0 Å². The average Bonchev–Trinajstić information content (AvgIpc) is 2.73. The number of nitrogens with one attached hydrogen (secondary N) is 1. The summed E-state index contributed by atoms with van der Waals surface area (Å²) in [5.74, 6) is 0.431. The molecular weight excluding hydrogens is 342 g/mol. The largest absolute Gasteiger partial charge is 0.393 e. The summed E-state index contributed by atoms with van der Waals surface area (Å²) in [5.41, 5.74) is 6.49. The highest BCUT2D eigenvalue weighted by Crippen LogP contribution is 2.33. The summed E-state index contributed by atoms with van der Waals surface area (Å²) in [6, 6.07) is 28.3. The lowest BCUT2D eigenvalue weighted by atomic mass is 9.80. The lowest BCUT2D eigenvalue weighted by molar-refractivity contribution is 0.100. The predicted molar refractivity (Wildman–Crippen MR) is 116 cm³/mol. The summed E-state index contributed by atoms with van der Waals surface area (Å²) >= 11 is 0. The lowest BCUT2D eigenvalue weighted by Crippen LogP contribution is -2.38. The van der Waals surface area contributed by atoms with Crippen molar-refractivity contribution in [1.82, 2.24) is 5.32 Å². The first kappa shape index (κ1) is 18.9. The van der Waals surface area contributed by atoms with Gasteiger partial charge in [0, 0.05) is 12.6 Å². The predicted octanol–water partition coefficient (Wildman–Crippen LogP) is 5.45. The summed E-state index contributed by atoms with van der Waals surface area (Å²) in [4.78, 5) is 0. The molecule has 0 saturated heterocycles. The minimum atomic E-state index is -0.227.